The Morgan fingerprint density at radius 1 is 0.880 bits per heavy atom. The van der Waals surface area contributed by atoms with E-state index in [9.17, 15) is 12.8 Å². The van der Waals surface area contributed by atoms with Crippen molar-refractivity contribution >= 4 is 10.0 Å². The first kappa shape index (κ1) is 19.0. The second-order valence-electron chi connectivity index (χ2n) is 5.04. The highest BCUT2D eigenvalue weighted by Gasteiger charge is 2.10. The molecule has 0 fully saturated rings. The number of halogens is 1. The van der Waals surface area contributed by atoms with E-state index in [-0.39, 0.29) is 31.3 Å². The van der Waals surface area contributed by atoms with Gasteiger partial charge in [-0.25, -0.2) is 17.5 Å². The first-order valence-corrected chi connectivity index (χ1v) is 9.26. The van der Waals surface area contributed by atoms with Crippen molar-refractivity contribution in [3.63, 3.8) is 0 Å². The lowest BCUT2D eigenvalue weighted by Gasteiger charge is -2.10. The van der Waals surface area contributed by atoms with Crippen LogP contribution < -0.4 is 18.9 Å². The Hall–Kier alpha value is -2.32. The topological polar surface area (TPSA) is 73.9 Å². The maximum Gasteiger partial charge on any atom is 0.215 e. The van der Waals surface area contributed by atoms with Crippen LogP contribution in [0.25, 0.3) is 0 Å². The van der Waals surface area contributed by atoms with Crippen LogP contribution in [0, 0.1) is 5.82 Å². The van der Waals surface area contributed by atoms with E-state index in [1.807, 2.05) is 0 Å². The van der Waals surface area contributed by atoms with Crippen LogP contribution >= 0.6 is 0 Å². The molecule has 0 aliphatic heterocycles. The molecule has 0 aliphatic carbocycles. The van der Waals surface area contributed by atoms with Gasteiger partial charge in [-0.1, -0.05) is 0 Å². The molecule has 6 nitrogen and oxygen atoms in total. The summed E-state index contributed by atoms with van der Waals surface area (Å²) in [6, 6.07) is 12.4. The molecule has 0 heterocycles. The third-order valence-electron chi connectivity index (χ3n) is 3.19. The maximum absolute atomic E-state index is 12.8. The van der Waals surface area contributed by atoms with Gasteiger partial charge < -0.3 is 14.2 Å². The van der Waals surface area contributed by atoms with E-state index in [0.29, 0.717) is 17.2 Å². The van der Waals surface area contributed by atoms with E-state index in [2.05, 4.69) is 4.72 Å². The molecule has 0 saturated heterocycles. The molecule has 25 heavy (non-hydrogen) atoms. The van der Waals surface area contributed by atoms with Crippen molar-refractivity contribution in [3.8, 4) is 17.2 Å². The average molecular weight is 369 g/mol. The molecule has 0 radical (unpaired) electrons. The molecular weight excluding hydrogens is 349 g/mol. The molecule has 2 aromatic carbocycles. The van der Waals surface area contributed by atoms with Gasteiger partial charge in [0.15, 0.2) is 0 Å². The monoisotopic (exact) mass is 369 g/mol. The van der Waals surface area contributed by atoms with Crippen molar-refractivity contribution < 1.29 is 27.0 Å². The molecule has 0 spiro atoms. The number of methoxy groups -OCH3 is 1. The third-order valence-corrected chi connectivity index (χ3v) is 4.53. The van der Waals surface area contributed by atoms with E-state index >= 15 is 0 Å². The van der Waals surface area contributed by atoms with Gasteiger partial charge in [-0.05, 0) is 48.5 Å². The zero-order valence-electron chi connectivity index (χ0n) is 13.8. The van der Waals surface area contributed by atoms with E-state index < -0.39 is 10.0 Å². The Morgan fingerprint density at radius 2 is 1.40 bits per heavy atom. The fourth-order valence-corrected chi connectivity index (χ4v) is 2.75. The van der Waals surface area contributed by atoms with E-state index in [1.165, 1.54) is 24.3 Å². The normalized spacial score (nSPS) is 11.1. The summed E-state index contributed by atoms with van der Waals surface area (Å²) in [5.74, 6) is 1.18. The quantitative estimate of drug-likeness (QED) is 0.650. The molecule has 1 N–H and O–H groups in total. The van der Waals surface area contributed by atoms with Crippen molar-refractivity contribution in [3.05, 3.63) is 54.3 Å². The molecule has 0 aromatic heterocycles. The van der Waals surface area contributed by atoms with E-state index in [0.717, 1.165) is 0 Å². The number of nitrogens with one attached hydrogen (secondary N) is 1. The number of hydrogen-bond donors (Lipinski definition) is 1. The predicted octanol–water partition coefficient (Wildman–Crippen LogP) is 2.21. The Labute approximate surface area is 146 Å². The summed E-state index contributed by atoms with van der Waals surface area (Å²) < 4.78 is 54.6. The minimum Gasteiger partial charge on any atom is -0.497 e. The fourth-order valence-electron chi connectivity index (χ4n) is 1.91. The van der Waals surface area contributed by atoms with Crippen molar-refractivity contribution in [1.82, 2.24) is 4.72 Å². The highest BCUT2D eigenvalue weighted by Crippen LogP contribution is 2.16. The lowest BCUT2D eigenvalue weighted by atomic mass is 10.3. The summed E-state index contributed by atoms with van der Waals surface area (Å²) in [4.78, 5) is 0. The van der Waals surface area contributed by atoms with Crippen LogP contribution in [-0.4, -0.2) is 41.0 Å². The number of sulfonamides is 1. The van der Waals surface area contributed by atoms with Crippen LogP contribution in [0.2, 0.25) is 0 Å². The highest BCUT2D eigenvalue weighted by atomic mass is 32.2. The van der Waals surface area contributed by atoms with E-state index in [1.54, 1.807) is 31.4 Å². The molecule has 0 aliphatic rings. The highest BCUT2D eigenvalue weighted by molar-refractivity contribution is 7.89. The van der Waals surface area contributed by atoms with Crippen LogP contribution in [-0.2, 0) is 10.0 Å². The SMILES string of the molecule is COc1ccc(OCCNS(=O)(=O)CCOc2ccc(F)cc2)cc1. The number of benzene rings is 2. The Balaban J connectivity index is 1.65. The molecule has 136 valence electrons. The van der Waals surface area contributed by atoms with Gasteiger partial charge in [-0.2, -0.15) is 0 Å². The van der Waals surface area contributed by atoms with Crippen molar-refractivity contribution in [2.75, 3.05) is 32.6 Å². The smallest absolute Gasteiger partial charge is 0.215 e. The summed E-state index contributed by atoms with van der Waals surface area (Å²) in [5, 5.41) is 0. The lowest BCUT2D eigenvalue weighted by molar-refractivity contribution is 0.320. The first-order chi connectivity index (χ1) is 12.0. The fraction of sp³-hybridized carbons (Fsp3) is 0.294. The van der Waals surface area contributed by atoms with Gasteiger partial charge >= 0.3 is 0 Å². The summed E-state index contributed by atoms with van der Waals surface area (Å²) in [5.41, 5.74) is 0. The Morgan fingerprint density at radius 3 is 2.00 bits per heavy atom. The molecule has 2 aromatic rings. The zero-order valence-corrected chi connectivity index (χ0v) is 14.6. The van der Waals surface area contributed by atoms with Crippen LogP contribution in [0.1, 0.15) is 0 Å². The predicted molar refractivity (Wildman–Crippen MR) is 92.2 cm³/mol. The third kappa shape index (κ3) is 6.98. The van der Waals surface area contributed by atoms with Gasteiger partial charge in [0.05, 0.1) is 12.9 Å². The first-order valence-electron chi connectivity index (χ1n) is 7.61. The van der Waals surface area contributed by atoms with Crippen molar-refractivity contribution in [2.24, 2.45) is 0 Å². The second-order valence-corrected chi connectivity index (χ2v) is 6.97. The van der Waals surface area contributed by atoms with E-state index in [4.69, 9.17) is 14.2 Å². The second kappa shape index (κ2) is 9.24. The molecule has 0 bridgehead atoms. The summed E-state index contributed by atoms with van der Waals surface area (Å²) in [6.45, 7) is 0.315. The average Bonchev–Trinajstić information content (AvgIpc) is 2.61. The van der Waals surface area contributed by atoms with Gasteiger partial charge in [0, 0.05) is 6.54 Å². The summed E-state index contributed by atoms with van der Waals surface area (Å²) in [7, 11) is -1.90. The minimum atomic E-state index is -3.47. The van der Waals surface area contributed by atoms with Gasteiger partial charge in [0.2, 0.25) is 10.0 Å². The van der Waals surface area contributed by atoms with Crippen LogP contribution in [0.4, 0.5) is 4.39 Å². The molecule has 0 atom stereocenters. The van der Waals surface area contributed by atoms with Gasteiger partial charge in [0.1, 0.15) is 36.3 Å². The van der Waals surface area contributed by atoms with Crippen molar-refractivity contribution in [1.29, 1.82) is 0 Å². The van der Waals surface area contributed by atoms with Crippen LogP contribution in [0.5, 0.6) is 17.2 Å². The van der Waals surface area contributed by atoms with Crippen LogP contribution in [0.3, 0.4) is 0 Å². The molecule has 0 amide bonds. The standard InChI is InChI=1S/C17H20FNO5S/c1-22-15-6-8-17(9-7-15)23-11-10-19-25(20,21)13-12-24-16-4-2-14(18)3-5-16/h2-9,19H,10-13H2,1H3. The summed E-state index contributed by atoms with van der Waals surface area (Å²) >= 11 is 0. The van der Waals surface area contributed by atoms with Gasteiger partial charge in [-0.3, -0.25) is 0 Å². The summed E-state index contributed by atoms with van der Waals surface area (Å²) in [6.07, 6.45) is 0. The van der Waals surface area contributed by atoms with Crippen molar-refractivity contribution in [2.45, 2.75) is 0 Å². The van der Waals surface area contributed by atoms with Gasteiger partial charge in [0.25, 0.3) is 0 Å². The molecule has 2 rings (SSSR count). The van der Waals surface area contributed by atoms with Crippen LogP contribution in [0.15, 0.2) is 48.5 Å². The number of hydrogen-bond acceptors (Lipinski definition) is 5. The van der Waals surface area contributed by atoms with Gasteiger partial charge in [-0.15, -0.1) is 0 Å². The maximum atomic E-state index is 12.8. The molecule has 0 unspecified atom stereocenters. The molecular formula is C17H20FNO5S. The number of ether oxygens (including phenoxy) is 3. The Kier molecular flexibility index (Phi) is 7.03. The molecule has 8 heteroatoms. The lowest BCUT2D eigenvalue weighted by Crippen LogP contribution is -2.32. The molecule has 0 saturated carbocycles. The Bertz CT molecular complexity index is 748. The minimum absolute atomic E-state index is 0.0275. The number of rotatable bonds is 10. The zero-order chi connectivity index (χ0) is 18.1. The largest absolute Gasteiger partial charge is 0.497 e.